The molecule has 0 unspecified atom stereocenters. The Hall–Kier alpha value is -1.45. The third-order valence-electron chi connectivity index (χ3n) is 3.18. The van der Waals surface area contributed by atoms with Crippen LogP contribution in [0.15, 0.2) is 18.2 Å². The van der Waals surface area contributed by atoms with Crippen LogP contribution in [0.2, 0.25) is 5.02 Å². The molecular formula is C12H14ClNO7. The van der Waals surface area contributed by atoms with Crippen molar-refractivity contribution in [1.29, 1.82) is 0 Å². The minimum Gasteiger partial charge on any atom is -0.460 e. The molecule has 0 bridgehead atoms. The molecule has 0 spiro atoms. The van der Waals surface area contributed by atoms with Crippen LogP contribution in [0.4, 0.5) is 5.69 Å². The number of rotatable bonds is 3. The molecule has 1 heterocycles. The molecule has 1 aromatic rings. The van der Waals surface area contributed by atoms with Gasteiger partial charge in [-0.25, -0.2) is 0 Å². The van der Waals surface area contributed by atoms with Crippen molar-refractivity contribution in [2.75, 3.05) is 0 Å². The van der Waals surface area contributed by atoms with E-state index in [1.807, 2.05) is 0 Å². The zero-order chi connectivity index (χ0) is 15.7. The van der Waals surface area contributed by atoms with Crippen molar-refractivity contribution in [3.8, 4) is 5.75 Å². The van der Waals surface area contributed by atoms with Crippen molar-refractivity contribution in [2.24, 2.45) is 0 Å². The lowest BCUT2D eigenvalue weighted by molar-refractivity contribution is -0.384. The van der Waals surface area contributed by atoms with Gasteiger partial charge < -0.3 is 24.8 Å². The summed E-state index contributed by atoms with van der Waals surface area (Å²) in [5, 5.41) is 39.6. The summed E-state index contributed by atoms with van der Waals surface area (Å²) in [5.41, 5.74) is -0.207. The fourth-order valence-corrected chi connectivity index (χ4v) is 2.15. The van der Waals surface area contributed by atoms with Gasteiger partial charge in [-0.1, -0.05) is 11.6 Å². The summed E-state index contributed by atoms with van der Waals surface area (Å²) in [5.74, 6) is 0.0575. The molecule has 0 aliphatic carbocycles. The molecule has 0 aromatic heterocycles. The highest BCUT2D eigenvalue weighted by molar-refractivity contribution is 6.32. The summed E-state index contributed by atoms with van der Waals surface area (Å²) >= 11 is 5.86. The van der Waals surface area contributed by atoms with Crippen molar-refractivity contribution in [3.63, 3.8) is 0 Å². The average Bonchev–Trinajstić information content (AvgIpc) is 2.44. The van der Waals surface area contributed by atoms with Gasteiger partial charge in [-0.15, -0.1) is 0 Å². The molecule has 2 rings (SSSR count). The molecule has 0 radical (unpaired) electrons. The summed E-state index contributed by atoms with van der Waals surface area (Å²) in [6.07, 6.45) is -6.17. The monoisotopic (exact) mass is 319 g/mol. The highest BCUT2D eigenvalue weighted by Gasteiger charge is 2.43. The van der Waals surface area contributed by atoms with Crippen LogP contribution in [0.3, 0.4) is 0 Å². The SMILES string of the molecule is C[C@H]1O[C@@H](Oc2ccc([N+](=O)[O-])cc2Cl)[C@H](O)[C@@H](O)[C@@H]1O. The predicted octanol–water partition coefficient (Wildman–Crippen LogP) is 0.454. The third-order valence-corrected chi connectivity index (χ3v) is 3.47. The maximum Gasteiger partial charge on any atom is 0.271 e. The van der Waals surface area contributed by atoms with Crippen LogP contribution in [-0.4, -0.2) is 50.9 Å². The Labute approximate surface area is 124 Å². The minimum atomic E-state index is -1.48. The van der Waals surface area contributed by atoms with Crippen molar-refractivity contribution < 1.29 is 29.7 Å². The van der Waals surface area contributed by atoms with Crippen LogP contribution >= 0.6 is 11.6 Å². The first-order chi connectivity index (χ1) is 9.81. The van der Waals surface area contributed by atoms with Crippen LogP contribution in [-0.2, 0) is 4.74 Å². The topological polar surface area (TPSA) is 122 Å². The maximum absolute atomic E-state index is 10.6. The molecule has 1 aliphatic rings. The smallest absolute Gasteiger partial charge is 0.271 e. The molecule has 1 aliphatic heterocycles. The molecule has 3 N–H and O–H groups in total. The summed E-state index contributed by atoms with van der Waals surface area (Å²) < 4.78 is 10.6. The van der Waals surface area contributed by atoms with Gasteiger partial charge in [-0.2, -0.15) is 0 Å². The van der Waals surface area contributed by atoms with Crippen LogP contribution in [0.1, 0.15) is 6.92 Å². The maximum atomic E-state index is 10.6. The van der Waals surface area contributed by atoms with Gasteiger partial charge >= 0.3 is 0 Å². The first-order valence-electron chi connectivity index (χ1n) is 6.11. The number of nitrogens with zero attached hydrogens (tertiary/aromatic N) is 1. The van der Waals surface area contributed by atoms with Crippen LogP contribution in [0.25, 0.3) is 0 Å². The quantitative estimate of drug-likeness (QED) is 0.546. The number of hydrogen-bond donors (Lipinski definition) is 3. The number of aliphatic hydroxyl groups excluding tert-OH is 3. The second-order valence-corrected chi connectivity index (χ2v) is 5.08. The van der Waals surface area contributed by atoms with Gasteiger partial charge in [-0.3, -0.25) is 10.1 Å². The van der Waals surface area contributed by atoms with Crippen molar-refractivity contribution >= 4 is 17.3 Å². The Morgan fingerprint density at radius 3 is 2.52 bits per heavy atom. The Bertz CT molecular complexity index is 540. The first-order valence-corrected chi connectivity index (χ1v) is 6.49. The van der Waals surface area contributed by atoms with Crippen LogP contribution in [0.5, 0.6) is 5.75 Å². The Kier molecular flexibility index (Phi) is 4.64. The fourth-order valence-electron chi connectivity index (χ4n) is 1.93. The fraction of sp³-hybridized carbons (Fsp3) is 0.500. The lowest BCUT2D eigenvalue weighted by Gasteiger charge is -2.38. The van der Waals surface area contributed by atoms with Gasteiger partial charge in [0, 0.05) is 12.1 Å². The standard InChI is InChI=1S/C12H14ClNO7/c1-5-9(15)10(16)11(17)12(20-5)21-8-3-2-6(14(18)19)4-7(8)13/h2-5,9-12,15-17H,1H3/t5-,9-,10+,11-,12+/m1/s1. The largest absolute Gasteiger partial charge is 0.460 e. The number of non-ortho nitro benzene ring substituents is 1. The zero-order valence-corrected chi connectivity index (χ0v) is 11.7. The van der Waals surface area contributed by atoms with Gasteiger partial charge in [0.05, 0.1) is 16.0 Å². The normalized spacial score (nSPS) is 32.7. The minimum absolute atomic E-state index is 0.0340. The van der Waals surface area contributed by atoms with Gasteiger partial charge in [0.1, 0.15) is 24.1 Å². The molecule has 21 heavy (non-hydrogen) atoms. The van der Waals surface area contributed by atoms with E-state index < -0.39 is 35.6 Å². The zero-order valence-electron chi connectivity index (χ0n) is 10.9. The lowest BCUT2D eigenvalue weighted by atomic mass is 10.00. The molecule has 1 aromatic carbocycles. The van der Waals surface area contributed by atoms with E-state index in [9.17, 15) is 25.4 Å². The third kappa shape index (κ3) is 3.25. The van der Waals surface area contributed by atoms with Crippen LogP contribution < -0.4 is 4.74 Å². The lowest BCUT2D eigenvalue weighted by Crippen LogP contribution is -2.58. The summed E-state index contributed by atoms with van der Waals surface area (Å²) in [6.45, 7) is 1.51. The molecule has 116 valence electrons. The molecule has 5 atom stereocenters. The van der Waals surface area contributed by atoms with Crippen molar-refractivity contribution in [3.05, 3.63) is 33.3 Å². The molecule has 0 saturated carbocycles. The van der Waals surface area contributed by atoms with E-state index in [1.165, 1.54) is 19.1 Å². The highest BCUT2D eigenvalue weighted by Crippen LogP contribution is 2.31. The van der Waals surface area contributed by atoms with Gasteiger partial charge in [0.25, 0.3) is 5.69 Å². The Balaban J connectivity index is 2.16. The van der Waals surface area contributed by atoms with Gasteiger partial charge in [-0.05, 0) is 13.0 Å². The van der Waals surface area contributed by atoms with E-state index >= 15 is 0 Å². The highest BCUT2D eigenvalue weighted by atomic mass is 35.5. The number of hydrogen-bond acceptors (Lipinski definition) is 7. The number of halogens is 1. The Morgan fingerprint density at radius 1 is 1.29 bits per heavy atom. The van der Waals surface area contributed by atoms with E-state index in [0.717, 1.165) is 6.07 Å². The Morgan fingerprint density at radius 2 is 1.95 bits per heavy atom. The first kappa shape index (κ1) is 15.9. The number of nitro groups is 1. The number of ether oxygens (including phenoxy) is 2. The number of nitro benzene ring substituents is 1. The molecule has 0 amide bonds. The van der Waals surface area contributed by atoms with E-state index in [0.29, 0.717) is 0 Å². The average molecular weight is 320 g/mol. The van der Waals surface area contributed by atoms with E-state index in [4.69, 9.17) is 21.1 Å². The molecule has 1 saturated heterocycles. The molecular weight excluding hydrogens is 306 g/mol. The van der Waals surface area contributed by atoms with Gasteiger partial charge in [0.15, 0.2) is 0 Å². The molecule has 9 heteroatoms. The van der Waals surface area contributed by atoms with Gasteiger partial charge in [0.2, 0.25) is 6.29 Å². The summed E-state index contributed by atoms with van der Waals surface area (Å²) in [7, 11) is 0. The van der Waals surface area contributed by atoms with E-state index in [-0.39, 0.29) is 16.5 Å². The summed E-state index contributed by atoms with van der Waals surface area (Å²) in [4.78, 5) is 10.0. The molecule has 8 nitrogen and oxygen atoms in total. The van der Waals surface area contributed by atoms with Crippen molar-refractivity contribution in [2.45, 2.75) is 37.6 Å². The second-order valence-electron chi connectivity index (χ2n) is 4.67. The van der Waals surface area contributed by atoms with E-state index in [2.05, 4.69) is 0 Å². The second kappa shape index (κ2) is 6.12. The predicted molar refractivity (Wildman–Crippen MR) is 71.1 cm³/mol. The number of aliphatic hydroxyl groups is 3. The summed E-state index contributed by atoms with van der Waals surface area (Å²) in [6, 6.07) is 3.55. The van der Waals surface area contributed by atoms with Crippen molar-refractivity contribution in [1.82, 2.24) is 0 Å². The molecule has 1 fully saturated rings. The number of benzene rings is 1. The van der Waals surface area contributed by atoms with E-state index in [1.54, 1.807) is 0 Å². The van der Waals surface area contributed by atoms with Crippen LogP contribution in [0, 0.1) is 10.1 Å².